The molecule has 0 saturated carbocycles. The molecule has 5 rings (SSSR count). The number of nitrogens with two attached hydrogens (primary N) is 1. The van der Waals surface area contributed by atoms with E-state index in [1.807, 2.05) is 53.4 Å². The van der Waals surface area contributed by atoms with Crippen molar-refractivity contribution >= 4 is 21.9 Å². The lowest BCUT2D eigenvalue weighted by atomic mass is 9.81. The van der Waals surface area contributed by atoms with Crippen LogP contribution in [0.25, 0.3) is 11.1 Å². The minimum atomic E-state index is -3.71. The summed E-state index contributed by atoms with van der Waals surface area (Å²) in [4.78, 5) is 11.8. The van der Waals surface area contributed by atoms with E-state index in [4.69, 9.17) is 24.6 Å². The number of benzene rings is 3. The Morgan fingerprint density at radius 2 is 1.65 bits per heavy atom. The number of guanidine groups is 1. The Morgan fingerprint density at radius 3 is 2.41 bits per heavy atom. The van der Waals surface area contributed by atoms with Gasteiger partial charge in [0.1, 0.15) is 17.3 Å². The van der Waals surface area contributed by atoms with E-state index in [0.717, 1.165) is 40.3 Å². The van der Waals surface area contributed by atoms with Crippen molar-refractivity contribution in [1.82, 2.24) is 4.90 Å². The topological polar surface area (TPSA) is 107 Å². The molecule has 0 radical (unpaired) electrons. The molecule has 3 aromatic rings. The first-order valence-corrected chi connectivity index (χ1v) is 13.9. The molecule has 1 atom stereocenters. The summed E-state index contributed by atoms with van der Waals surface area (Å²) in [6.45, 7) is 3.17. The number of ether oxygens (including phenoxy) is 1. The van der Waals surface area contributed by atoms with Crippen molar-refractivity contribution in [3.8, 4) is 22.6 Å². The summed E-state index contributed by atoms with van der Waals surface area (Å²) in [6.07, 6.45) is 1.34. The minimum absolute atomic E-state index is 0.0590. The standard InChI is InChI=1S/C28H30N4O4S/c1-3-16-37(33,34)36-25-13-6-11-23(19-25)28(26-30-14-7-15-32(26)27(29)31-28)22-10-4-8-20(17-22)21-9-5-12-24(18-21)35-2/h4-6,8-13,17-19H,3,7,14-16H2,1-2H3,(H2,29,31). The molecule has 0 bridgehead atoms. The molecule has 0 spiro atoms. The summed E-state index contributed by atoms with van der Waals surface area (Å²) in [5, 5.41) is 0. The number of hydrogen-bond donors (Lipinski definition) is 1. The van der Waals surface area contributed by atoms with Gasteiger partial charge in [0.2, 0.25) is 0 Å². The Kier molecular flexibility index (Phi) is 6.64. The number of methoxy groups -OCH3 is 1. The highest BCUT2D eigenvalue weighted by atomic mass is 32.2. The quantitative estimate of drug-likeness (QED) is 0.449. The van der Waals surface area contributed by atoms with E-state index in [2.05, 4.69) is 6.07 Å². The molecule has 8 nitrogen and oxygen atoms in total. The van der Waals surface area contributed by atoms with Gasteiger partial charge in [-0.05, 0) is 65.4 Å². The lowest BCUT2D eigenvalue weighted by Gasteiger charge is -2.33. The van der Waals surface area contributed by atoms with Crippen LogP contribution < -0.4 is 14.7 Å². The monoisotopic (exact) mass is 518 g/mol. The van der Waals surface area contributed by atoms with Crippen molar-refractivity contribution in [2.45, 2.75) is 25.3 Å². The molecule has 0 amide bonds. The van der Waals surface area contributed by atoms with Crippen molar-refractivity contribution in [2.24, 2.45) is 15.7 Å². The van der Waals surface area contributed by atoms with Crippen molar-refractivity contribution in [2.75, 3.05) is 26.0 Å². The maximum atomic E-state index is 12.4. The Morgan fingerprint density at radius 1 is 0.973 bits per heavy atom. The third-order valence-corrected chi connectivity index (χ3v) is 7.91. The average molecular weight is 519 g/mol. The lowest BCUT2D eigenvalue weighted by Crippen LogP contribution is -2.46. The first-order valence-electron chi connectivity index (χ1n) is 12.3. The molecule has 9 heteroatoms. The van der Waals surface area contributed by atoms with Gasteiger partial charge in [-0.15, -0.1) is 0 Å². The molecule has 0 fully saturated rings. The molecule has 1 unspecified atom stereocenters. The van der Waals surface area contributed by atoms with Crippen LogP contribution in [-0.4, -0.2) is 51.1 Å². The molecule has 3 aromatic carbocycles. The largest absolute Gasteiger partial charge is 0.497 e. The van der Waals surface area contributed by atoms with E-state index in [9.17, 15) is 8.42 Å². The van der Waals surface area contributed by atoms with Crippen LogP contribution in [-0.2, 0) is 15.7 Å². The summed E-state index contributed by atoms with van der Waals surface area (Å²) < 4.78 is 35.7. The highest BCUT2D eigenvalue weighted by Gasteiger charge is 2.49. The van der Waals surface area contributed by atoms with E-state index in [-0.39, 0.29) is 11.5 Å². The highest BCUT2D eigenvalue weighted by Crippen LogP contribution is 2.43. The van der Waals surface area contributed by atoms with E-state index >= 15 is 0 Å². The Bertz CT molecular complexity index is 1480. The number of hydrogen-bond acceptors (Lipinski definition) is 8. The van der Waals surface area contributed by atoms with Gasteiger partial charge in [-0.3, -0.25) is 9.89 Å². The Hall–Kier alpha value is -3.85. The van der Waals surface area contributed by atoms with Gasteiger partial charge in [-0.25, -0.2) is 4.99 Å². The zero-order chi connectivity index (χ0) is 26.0. The van der Waals surface area contributed by atoms with E-state index in [0.29, 0.717) is 25.5 Å². The van der Waals surface area contributed by atoms with E-state index < -0.39 is 15.7 Å². The molecule has 37 heavy (non-hydrogen) atoms. The molecule has 2 N–H and O–H groups in total. The second kappa shape index (κ2) is 9.89. The van der Waals surface area contributed by atoms with Gasteiger partial charge in [-0.2, -0.15) is 8.42 Å². The molecular weight excluding hydrogens is 488 g/mol. The summed E-state index contributed by atoms with van der Waals surface area (Å²) in [5.41, 5.74) is 8.98. The number of nitrogens with zero attached hydrogens (tertiary/aromatic N) is 3. The third kappa shape index (κ3) is 4.67. The van der Waals surface area contributed by atoms with E-state index in [1.165, 1.54) is 0 Å². The second-order valence-electron chi connectivity index (χ2n) is 9.08. The third-order valence-electron chi connectivity index (χ3n) is 6.55. The summed E-state index contributed by atoms with van der Waals surface area (Å²) in [7, 11) is -2.06. The van der Waals surface area contributed by atoms with Gasteiger partial charge in [-0.1, -0.05) is 49.4 Å². The van der Waals surface area contributed by atoms with Crippen molar-refractivity contribution in [1.29, 1.82) is 0 Å². The zero-order valence-corrected chi connectivity index (χ0v) is 21.7. The number of fused-ring (bicyclic) bond motifs is 1. The molecular formula is C28H30N4O4S. The van der Waals surface area contributed by atoms with E-state index in [1.54, 1.807) is 32.2 Å². The van der Waals surface area contributed by atoms with Crippen LogP contribution in [0.3, 0.4) is 0 Å². The van der Waals surface area contributed by atoms with Gasteiger partial charge in [0.25, 0.3) is 0 Å². The fourth-order valence-electron chi connectivity index (χ4n) is 4.91. The predicted octanol–water partition coefficient (Wildman–Crippen LogP) is 4.16. The van der Waals surface area contributed by atoms with Crippen LogP contribution in [0.1, 0.15) is 30.9 Å². The molecule has 0 aliphatic carbocycles. The maximum absolute atomic E-state index is 12.4. The summed E-state index contributed by atoms with van der Waals surface area (Å²) >= 11 is 0. The fourth-order valence-corrected chi connectivity index (χ4v) is 5.89. The van der Waals surface area contributed by atoms with Gasteiger partial charge < -0.3 is 14.7 Å². The van der Waals surface area contributed by atoms with Crippen molar-refractivity contribution in [3.05, 3.63) is 83.9 Å². The molecule has 0 aromatic heterocycles. The van der Waals surface area contributed by atoms with Crippen LogP contribution in [0.5, 0.6) is 11.5 Å². The van der Waals surface area contributed by atoms with Crippen molar-refractivity contribution in [3.63, 3.8) is 0 Å². The van der Waals surface area contributed by atoms with Crippen LogP contribution >= 0.6 is 0 Å². The maximum Gasteiger partial charge on any atom is 0.309 e. The molecule has 2 aliphatic rings. The van der Waals surface area contributed by atoms with Crippen molar-refractivity contribution < 1.29 is 17.3 Å². The zero-order valence-electron chi connectivity index (χ0n) is 20.9. The Balaban J connectivity index is 1.68. The average Bonchev–Trinajstić information content (AvgIpc) is 3.22. The normalized spacial score (nSPS) is 19.1. The van der Waals surface area contributed by atoms with Crippen LogP contribution in [0.15, 0.2) is 82.8 Å². The molecule has 192 valence electrons. The van der Waals surface area contributed by atoms with Gasteiger partial charge in [0.15, 0.2) is 11.5 Å². The number of amidine groups is 1. The number of aliphatic imine (C=N–C) groups is 2. The fraction of sp³-hybridized carbons (Fsp3) is 0.286. The minimum Gasteiger partial charge on any atom is -0.497 e. The number of rotatable bonds is 8. The van der Waals surface area contributed by atoms with Gasteiger partial charge >= 0.3 is 10.1 Å². The molecule has 2 heterocycles. The molecule has 2 aliphatic heterocycles. The van der Waals surface area contributed by atoms with Crippen LogP contribution in [0, 0.1) is 0 Å². The first kappa shape index (κ1) is 24.8. The molecule has 0 saturated heterocycles. The summed E-state index contributed by atoms with van der Waals surface area (Å²) in [6, 6.07) is 23.0. The smallest absolute Gasteiger partial charge is 0.309 e. The summed E-state index contributed by atoms with van der Waals surface area (Å²) in [5.74, 6) is 2.05. The lowest BCUT2D eigenvalue weighted by molar-refractivity contribution is 0.415. The second-order valence-corrected chi connectivity index (χ2v) is 10.8. The van der Waals surface area contributed by atoms with Crippen LogP contribution in [0.2, 0.25) is 0 Å². The van der Waals surface area contributed by atoms with Gasteiger partial charge in [0.05, 0.1) is 12.9 Å². The SMILES string of the molecule is CCCS(=O)(=O)Oc1cccc(C2(c3cccc(-c4cccc(OC)c4)c3)N=C(N)N3CCCN=C32)c1. The van der Waals surface area contributed by atoms with Gasteiger partial charge in [0, 0.05) is 13.1 Å². The highest BCUT2D eigenvalue weighted by molar-refractivity contribution is 7.87. The first-order chi connectivity index (χ1) is 17.9. The predicted molar refractivity (Wildman–Crippen MR) is 146 cm³/mol. The Labute approximate surface area is 217 Å². The van der Waals surface area contributed by atoms with Crippen LogP contribution in [0.4, 0.5) is 0 Å².